The summed E-state index contributed by atoms with van der Waals surface area (Å²) in [4.78, 5) is 30.2. The largest absolute Gasteiger partial charge is 0.465 e. The third-order valence-corrected chi connectivity index (χ3v) is 7.94. The Balaban J connectivity index is 1.60. The van der Waals surface area contributed by atoms with Crippen molar-refractivity contribution in [3.05, 3.63) is 47.5 Å². The normalized spacial score (nSPS) is 24.0. The highest BCUT2D eigenvalue weighted by Crippen LogP contribution is 2.65. The van der Waals surface area contributed by atoms with Crippen LogP contribution in [0.25, 0.3) is 11.0 Å². The van der Waals surface area contributed by atoms with Crippen LogP contribution in [0, 0.1) is 24.1 Å². The van der Waals surface area contributed by atoms with Crippen LogP contribution in [0.4, 0.5) is 15.9 Å². The molecule has 3 aromatic rings. The summed E-state index contributed by atoms with van der Waals surface area (Å²) in [7, 11) is 1.18. The zero-order chi connectivity index (χ0) is 26.4. The van der Waals surface area contributed by atoms with Crippen LogP contribution in [0.5, 0.6) is 5.88 Å². The number of terminal acetylenes is 1. The number of benzene rings is 1. The van der Waals surface area contributed by atoms with Gasteiger partial charge in [0.25, 0.3) is 0 Å². The molecule has 5 rings (SSSR count). The van der Waals surface area contributed by atoms with Gasteiger partial charge in [0.15, 0.2) is 17.6 Å². The number of fused-ring (bicyclic) bond motifs is 2. The van der Waals surface area contributed by atoms with E-state index in [1.54, 1.807) is 19.1 Å². The molecule has 0 spiro atoms. The molecule has 1 aliphatic heterocycles. The number of rotatable bonds is 7. The number of ether oxygens (including phenoxy) is 2. The fourth-order valence-electron chi connectivity index (χ4n) is 4.77. The van der Waals surface area contributed by atoms with E-state index in [0.29, 0.717) is 29.0 Å². The first-order valence-electron chi connectivity index (χ1n) is 11.3. The molecule has 1 aliphatic carbocycles. The molecule has 0 amide bonds. The predicted octanol–water partition coefficient (Wildman–Crippen LogP) is 2.73. The molecular formula is C25H23FN6O4S. The maximum absolute atomic E-state index is 15.8. The van der Waals surface area contributed by atoms with Gasteiger partial charge >= 0.3 is 5.97 Å². The SMILES string of the molecule is C#CCOc1cnc2c(Nc3cc(C(=O)OC)c(F)c([C@]4(C)N=C(N)S[C@@]5(CO)C[C@H]54)c3)nccc2n1. The van der Waals surface area contributed by atoms with Gasteiger partial charge in [-0.25, -0.2) is 24.1 Å². The van der Waals surface area contributed by atoms with Gasteiger partial charge in [0.1, 0.15) is 11.3 Å². The van der Waals surface area contributed by atoms with Crippen LogP contribution in [0.15, 0.2) is 35.6 Å². The van der Waals surface area contributed by atoms with Gasteiger partial charge in [0.05, 0.1) is 41.3 Å². The molecule has 0 saturated heterocycles. The van der Waals surface area contributed by atoms with E-state index in [1.807, 2.05) is 0 Å². The number of carbonyl (C=O) groups is 1. The number of pyridine rings is 1. The van der Waals surface area contributed by atoms with Crippen molar-refractivity contribution in [2.45, 2.75) is 23.6 Å². The zero-order valence-electron chi connectivity index (χ0n) is 20.0. The maximum Gasteiger partial charge on any atom is 0.340 e. The van der Waals surface area contributed by atoms with Crippen LogP contribution < -0.4 is 15.8 Å². The van der Waals surface area contributed by atoms with Crippen molar-refractivity contribution in [3.8, 4) is 18.2 Å². The van der Waals surface area contributed by atoms with E-state index in [2.05, 4.69) is 31.2 Å². The topological polar surface area (TPSA) is 145 Å². The smallest absolute Gasteiger partial charge is 0.340 e. The number of aliphatic imine (C=N–C) groups is 1. The second-order valence-electron chi connectivity index (χ2n) is 8.91. The van der Waals surface area contributed by atoms with Crippen molar-refractivity contribution < 1.29 is 23.8 Å². The van der Waals surface area contributed by atoms with E-state index in [4.69, 9.17) is 21.6 Å². The molecular weight excluding hydrogens is 499 g/mol. The minimum Gasteiger partial charge on any atom is -0.465 e. The number of anilines is 2. The Morgan fingerprint density at radius 3 is 2.97 bits per heavy atom. The molecule has 4 N–H and O–H groups in total. The Labute approximate surface area is 215 Å². The van der Waals surface area contributed by atoms with Crippen LogP contribution in [-0.2, 0) is 10.3 Å². The lowest BCUT2D eigenvalue weighted by atomic mass is 9.84. The lowest BCUT2D eigenvalue weighted by molar-refractivity contribution is 0.0595. The highest BCUT2D eigenvalue weighted by molar-refractivity contribution is 8.15. The molecule has 3 atom stereocenters. The second-order valence-corrected chi connectivity index (χ2v) is 10.3. The minimum absolute atomic E-state index is 0.0495. The van der Waals surface area contributed by atoms with Crippen LogP contribution in [0.1, 0.15) is 29.3 Å². The third kappa shape index (κ3) is 4.20. The van der Waals surface area contributed by atoms with E-state index in [9.17, 15) is 9.90 Å². The average molecular weight is 523 g/mol. The minimum atomic E-state index is -1.11. The van der Waals surface area contributed by atoms with E-state index < -0.39 is 22.1 Å². The third-order valence-electron chi connectivity index (χ3n) is 6.65. The molecule has 0 unspecified atom stereocenters. The first-order chi connectivity index (χ1) is 17.7. The number of nitrogens with one attached hydrogen (secondary N) is 1. The van der Waals surface area contributed by atoms with Crippen LogP contribution in [0.2, 0.25) is 0 Å². The van der Waals surface area contributed by atoms with Crippen LogP contribution in [0.3, 0.4) is 0 Å². The number of amidine groups is 1. The van der Waals surface area contributed by atoms with Gasteiger partial charge in [0.2, 0.25) is 5.88 Å². The van der Waals surface area contributed by atoms with Gasteiger partial charge in [-0.15, -0.1) is 6.42 Å². The Kier molecular flexibility index (Phi) is 6.13. The molecule has 1 aromatic carbocycles. The quantitative estimate of drug-likeness (QED) is 0.313. The molecule has 12 heteroatoms. The Morgan fingerprint density at radius 1 is 1.43 bits per heavy atom. The van der Waals surface area contributed by atoms with Crippen molar-refractivity contribution in [1.29, 1.82) is 0 Å². The Morgan fingerprint density at radius 2 is 2.24 bits per heavy atom. The molecule has 2 aromatic heterocycles. The monoisotopic (exact) mass is 522 g/mol. The first-order valence-corrected chi connectivity index (χ1v) is 12.1. The van der Waals surface area contributed by atoms with E-state index in [0.717, 1.165) is 0 Å². The van der Waals surface area contributed by atoms with E-state index in [1.165, 1.54) is 37.3 Å². The van der Waals surface area contributed by atoms with Gasteiger partial charge < -0.3 is 25.6 Å². The number of aliphatic hydroxyl groups excluding tert-OH is 1. The number of esters is 1. The number of nitrogens with zero attached hydrogens (tertiary/aromatic N) is 4. The fourth-order valence-corrected chi connectivity index (χ4v) is 6.11. The number of aromatic nitrogens is 3. The molecule has 1 saturated carbocycles. The number of nitrogens with two attached hydrogens (primary N) is 1. The molecule has 1 fully saturated rings. The molecule has 37 heavy (non-hydrogen) atoms. The number of methoxy groups -OCH3 is 1. The molecule has 2 aliphatic rings. The van der Waals surface area contributed by atoms with Crippen molar-refractivity contribution >= 4 is 45.4 Å². The summed E-state index contributed by atoms with van der Waals surface area (Å²) in [5, 5.41) is 13.4. The van der Waals surface area contributed by atoms with Crippen LogP contribution >= 0.6 is 11.8 Å². The number of aliphatic hydroxyl groups is 1. The number of thioether (sulfide) groups is 1. The highest BCUT2D eigenvalue weighted by Gasteiger charge is 2.66. The fraction of sp³-hybridized carbons (Fsp3) is 0.320. The van der Waals surface area contributed by atoms with Gasteiger partial charge in [0, 0.05) is 23.4 Å². The lowest BCUT2D eigenvalue weighted by Crippen LogP contribution is -2.37. The van der Waals surface area contributed by atoms with E-state index >= 15 is 4.39 Å². The van der Waals surface area contributed by atoms with Gasteiger partial charge in [-0.1, -0.05) is 17.7 Å². The first kappa shape index (κ1) is 24.7. The number of halogens is 1. The molecule has 0 radical (unpaired) electrons. The average Bonchev–Trinajstić information content (AvgIpc) is 3.63. The highest BCUT2D eigenvalue weighted by atomic mass is 32.2. The number of carbonyl (C=O) groups excluding carboxylic acids is 1. The standard InChI is InChI=1S/C25H23FN6O4S/c1-4-7-36-18-11-29-20-16(31-18)5-6-28-21(20)30-13-8-14(22(34)35-3)19(26)15(9-13)24(2)17-10-25(17,12-33)37-23(27)32-24/h1,5-6,8-9,11,17,33H,7,10,12H2,2-3H3,(H2,27,32)(H,28,30)/t17-,24-,25+/m0/s1. The number of hydrogen-bond acceptors (Lipinski definition) is 11. The second kappa shape index (κ2) is 9.17. The number of hydrogen-bond donors (Lipinski definition) is 3. The Bertz CT molecular complexity index is 1490. The van der Waals surface area contributed by atoms with Gasteiger partial charge in [-0.3, -0.25) is 4.99 Å². The summed E-state index contributed by atoms with van der Waals surface area (Å²) >= 11 is 1.30. The summed E-state index contributed by atoms with van der Waals surface area (Å²) in [6.45, 7) is 1.68. The van der Waals surface area contributed by atoms with E-state index in [-0.39, 0.29) is 41.3 Å². The summed E-state index contributed by atoms with van der Waals surface area (Å²) in [6.07, 6.45) is 8.78. The molecule has 10 nitrogen and oxygen atoms in total. The van der Waals surface area contributed by atoms with Crippen molar-refractivity contribution in [1.82, 2.24) is 15.0 Å². The van der Waals surface area contributed by atoms with Crippen LogP contribution in [-0.4, -0.2) is 56.3 Å². The lowest BCUT2D eigenvalue weighted by Gasteiger charge is -2.34. The molecule has 3 heterocycles. The summed E-state index contributed by atoms with van der Waals surface area (Å²) in [5.74, 6) is 1.16. The molecule has 0 bridgehead atoms. The summed E-state index contributed by atoms with van der Waals surface area (Å²) < 4.78 is 25.5. The predicted molar refractivity (Wildman–Crippen MR) is 137 cm³/mol. The van der Waals surface area contributed by atoms with Gasteiger partial charge in [-0.05, 0) is 31.5 Å². The molecule has 190 valence electrons. The Hall–Kier alpha value is -3.95. The van der Waals surface area contributed by atoms with Crippen molar-refractivity contribution in [2.24, 2.45) is 16.6 Å². The summed E-state index contributed by atoms with van der Waals surface area (Å²) in [5.41, 5.74) is 6.12. The maximum atomic E-state index is 15.8. The zero-order valence-corrected chi connectivity index (χ0v) is 20.8. The summed E-state index contributed by atoms with van der Waals surface area (Å²) in [6, 6.07) is 4.56. The van der Waals surface area contributed by atoms with Crippen molar-refractivity contribution in [3.63, 3.8) is 0 Å². The van der Waals surface area contributed by atoms with Gasteiger partial charge in [-0.2, -0.15) is 0 Å². The van der Waals surface area contributed by atoms with Crippen molar-refractivity contribution in [2.75, 3.05) is 25.6 Å².